The summed E-state index contributed by atoms with van der Waals surface area (Å²) in [4.78, 5) is 17.9. The Labute approximate surface area is 95.2 Å². The van der Waals surface area contributed by atoms with Gasteiger partial charge in [0.15, 0.2) is 0 Å². The standard InChI is InChI=1S/C12H16N2O2/c15-12(14-7-9-16-10-8-14)5-4-11-3-1-2-6-13-11/h1-3,6H,4-5,7-10H2. The first kappa shape index (κ1) is 11.1. The van der Waals surface area contributed by atoms with Crippen LogP contribution in [0.25, 0.3) is 0 Å². The van der Waals surface area contributed by atoms with Crippen LogP contribution in [-0.4, -0.2) is 42.1 Å². The van der Waals surface area contributed by atoms with E-state index in [0.717, 1.165) is 25.2 Å². The second-order valence-electron chi connectivity index (χ2n) is 3.81. The Bertz CT molecular complexity index is 334. The molecule has 2 rings (SSSR count). The zero-order valence-electron chi connectivity index (χ0n) is 9.26. The monoisotopic (exact) mass is 220 g/mol. The number of rotatable bonds is 3. The van der Waals surface area contributed by atoms with Crippen molar-refractivity contribution in [1.29, 1.82) is 0 Å². The van der Waals surface area contributed by atoms with Gasteiger partial charge in [0.1, 0.15) is 0 Å². The Hall–Kier alpha value is -1.42. The molecule has 1 aliphatic rings. The Balaban J connectivity index is 1.79. The first-order chi connectivity index (χ1) is 7.86. The zero-order valence-corrected chi connectivity index (χ0v) is 9.26. The van der Waals surface area contributed by atoms with Gasteiger partial charge in [-0.15, -0.1) is 0 Å². The Morgan fingerprint density at radius 3 is 2.88 bits per heavy atom. The molecule has 0 atom stereocenters. The summed E-state index contributed by atoms with van der Waals surface area (Å²) >= 11 is 0. The van der Waals surface area contributed by atoms with E-state index in [1.807, 2.05) is 23.1 Å². The van der Waals surface area contributed by atoms with E-state index < -0.39 is 0 Å². The van der Waals surface area contributed by atoms with Gasteiger partial charge in [0.25, 0.3) is 0 Å². The van der Waals surface area contributed by atoms with Gasteiger partial charge in [-0.2, -0.15) is 0 Å². The molecule has 0 N–H and O–H groups in total. The van der Waals surface area contributed by atoms with Crippen LogP contribution in [0.3, 0.4) is 0 Å². The molecule has 1 aromatic heterocycles. The predicted molar refractivity (Wildman–Crippen MR) is 60.0 cm³/mol. The molecule has 4 nitrogen and oxygen atoms in total. The summed E-state index contributed by atoms with van der Waals surface area (Å²) in [6, 6.07) is 5.78. The molecule has 1 aromatic rings. The van der Waals surface area contributed by atoms with E-state index in [4.69, 9.17) is 4.74 Å². The van der Waals surface area contributed by atoms with Crippen molar-refractivity contribution in [3.05, 3.63) is 30.1 Å². The van der Waals surface area contributed by atoms with Gasteiger partial charge in [0.05, 0.1) is 13.2 Å². The maximum Gasteiger partial charge on any atom is 0.223 e. The molecule has 1 fully saturated rings. The van der Waals surface area contributed by atoms with Crippen LogP contribution in [0.4, 0.5) is 0 Å². The van der Waals surface area contributed by atoms with Crippen molar-refractivity contribution in [2.24, 2.45) is 0 Å². The largest absolute Gasteiger partial charge is 0.378 e. The number of amides is 1. The molecule has 2 heterocycles. The molecule has 0 aromatic carbocycles. The highest BCUT2D eigenvalue weighted by molar-refractivity contribution is 5.76. The third kappa shape index (κ3) is 3.03. The van der Waals surface area contributed by atoms with Crippen LogP contribution in [0.1, 0.15) is 12.1 Å². The van der Waals surface area contributed by atoms with E-state index in [9.17, 15) is 4.79 Å². The van der Waals surface area contributed by atoms with E-state index in [0.29, 0.717) is 19.6 Å². The summed E-state index contributed by atoms with van der Waals surface area (Å²) in [6.45, 7) is 2.77. The topological polar surface area (TPSA) is 42.4 Å². The highest BCUT2D eigenvalue weighted by atomic mass is 16.5. The van der Waals surface area contributed by atoms with Gasteiger partial charge in [0.2, 0.25) is 5.91 Å². The molecule has 1 saturated heterocycles. The van der Waals surface area contributed by atoms with Crippen molar-refractivity contribution >= 4 is 5.91 Å². The second kappa shape index (κ2) is 5.61. The third-order valence-electron chi connectivity index (χ3n) is 2.68. The maximum absolute atomic E-state index is 11.8. The summed E-state index contributed by atoms with van der Waals surface area (Å²) in [6.07, 6.45) is 3.02. The fourth-order valence-corrected chi connectivity index (χ4v) is 1.75. The number of carbonyl (C=O) groups is 1. The number of morpholine rings is 1. The van der Waals surface area contributed by atoms with Crippen LogP contribution in [-0.2, 0) is 16.0 Å². The number of pyridine rings is 1. The summed E-state index contributed by atoms with van der Waals surface area (Å²) in [5, 5.41) is 0. The highest BCUT2D eigenvalue weighted by Gasteiger charge is 2.16. The lowest BCUT2D eigenvalue weighted by Crippen LogP contribution is -2.40. The average Bonchev–Trinajstić information content (AvgIpc) is 2.38. The smallest absolute Gasteiger partial charge is 0.223 e. The van der Waals surface area contributed by atoms with Crippen molar-refractivity contribution in [3.8, 4) is 0 Å². The lowest BCUT2D eigenvalue weighted by molar-refractivity contribution is -0.135. The number of hydrogen-bond acceptors (Lipinski definition) is 3. The molecular formula is C12H16N2O2. The minimum atomic E-state index is 0.203. The molecule has 0 aliphatic carbocycles. The Kier molecular flexibility index (Phi) is 3.88. The third-order valence-corrected chi connectivity index (χ3v) is 2.68. The van der Waals surface area contributed by atoms with Crippen LogP contribution >= 0.6 is 0 Å². The first-order valence-electron chi connectivity index (χ1n) is 5.62. The van der Waals surface area contributed by atoms with Crippen molar-refractivity contribution < 1.29 is 9.53 Å². The molecule has 1 aliphatic heterocycles. The van der Waals surface area contributed by atoms with Crippen LogP contribution in [0, 0.1) is 0 Å². The number of nitrogens with zero attached hydrogens (tertiary/aromatic N) is 2. The van der Waals surface area contributed by atoms with E-state index in [2.05, 4.69) is 4.98 Å². The van der Waals surface area contributed by atoms with Gasteiger partial charge in [-0.05, 0) is 18.6 Å². The number of ether oxygens (including phenoxy) is 1. The van der Waals surface area contributed by atoms with Gasteiger partial charge in [-0.25, -0.2) is 0 Å². The van der Waals surface area contributed by atoms with Crippen molar-refractivity contribution in [1.82, 2.24) is 9.88 Å². The van der Waals surface area contributed by atoms with Crippen molar-refractivity contribution in [2.75, 3.05) is 26.3 Å². The van der Waals surface area contributed by atoms with E-state index in [-0.39, 0.29) is 5.91 Å². The van der Waals surface area contributed by atoms with Crippen molar-refractivity contribution in [2.45, 2.75) is 12.8 Å². The van der Waals surface area contributed by atoms with Crippen LogP contribution in [0.2, 0.25) is 0 Å². The van der Waals surface area contributed by atoms with Gasteiger partial charge in [-0.3, -0.25) is 9.78 Å². The molecular weight excluding hydrogens is 204 g/mol. The normalized spacial score (nSPS) is 16.1. The summed E-state index contributed by atoms with van der Waals surface area (Å²) in [7, 11) is 0. The minimum Gasteiger partial charge on any atom is -0.378 e. The quantitative estimate of drug-likeness (QED) is 0.759. The molecule has 86 valence electrons. The molecule has 0 saturated carbocycles. The van der Waals surface area contributed by atoms with Crippen LogP contribution < -0.4 is 0 Å². The SMILES string of the molecule is O=C(CCc1ccccn1)N1CCOCC1. The lowest BCUT2D eigenvalue weighted by atomic mass is 10.2. The van der Waals surface area contributed by atoms with Crippen LogP contribution in [0.5, 0.6) is 0 Å². The van der Waals surface area contributed by atoms with Crippen molar-refractivity contribution in [3.63, 3.8) is 0 Å². The van der Waals surface area contributed by atoms with Gasteiger partial charge in [-0.1, -0.05) is 6.07 Å². The van der Waals surface area contributed by atoms with Gasteiger partial charge < -0.3 is 9.64 Å². The maximum atomic E-state index is 11.8. The molecule has 4 heteroatoms. The number of carbonyl (C=O) groups excluding carboxylic acids is 1. The summed E-state index contributed by atoms with van der Waals surface area (Å²) < 4.78 is 5.21. The summed E-state index contributed by atoms with van der Waals surface area (Å²) in [5.41, 5.74) is 0.976. The fourth-order valence-electron chi connectivity index (χ4n) is 1.75. The number of aryl methyl sites for hydroxylation is 1. The fraction of sp³-hybridized carbons (Fsp3) is 0.500. The van der Waals surface area contributed by atoms with Crippen LogP contribution in [0.15, 0.2) is 24.4 Å². The van der Waals surface area contributed by atoms with Gasteiger partial charge in [0, 0.05) is 31.4 Å². The van der Waals surface area contributed by atoms with Gasteiger partial charge >= 0.3 is 0 Å². The molecule has 0 radical (unpaired) electrons. The highest BCUT2D eigenvalue weighted by Crippen LogP contribution is 2.04. The molecule has 0 bridgehead atoms. The van der Waals surface area contributed by atoms with E-state index in [1.54, 1.807) is 6.20 Å². The predicted octanol–water partition coefficient (Wildman–Crippen LogP) is 0.873. The Morgan fingerprint density at radius 1 is 1.38 bits per heavy atom. The Morgan fingerprint density at radius 2 is 2.19 bits per heavy atom. The summed E-state index contributed by atoms with van der Waals surface area (Å²) in [5.74, 6) is 0.203. The lowest BCUT2D eigenvalue weighted by Gasteiger charge is -2.26. The van der Waals surface area contributed by atoms with E-state index in [1.165, 1.54) is 0 Å². The first-order valence-corrected chi connectivity index (χ1v) is 5.62. The molecule has 16 heavy (non-hydrogen) atoms. The zero-order chi connectivity index (χ0) is 11.2. The van der Waals surface area contributed by atoms with E-state index >= 15 is 0 Å². The number of hydrogen-bond donors (Lipinski definition) is 0. The number of aromatic nitrogens is 1. The average molecular weight is 220 g/mol. The minimum absolute atomic E-state index is 0.203. The molecule has 0 unspecified atom stereocenters. The molecule has 0 spiro atoms. The molecule has 1 amide bonds. The second-order valence-corrected chi connectivity index (χ2v) is 3.81.